The van der Waals surface area contributed by atoms with Crippen LogP contribution in [0.2, 0.25) is 0 Å². The third-order valence-corrected chi connectivity index (χ3v) is 4.41. The minimum atomic E-state index is -0.643. The van der Waals surface area contributed by atoms with Crippen LogP contribution in [0, 0.1) is 6.92 Å². The van der Waals surface area contributed by atoms with Gasteiger partial charge in [-0.25, -0.2) is 0 Å². The van der Waals surface area contributed by atoms with E-state index in [2.05, 4.69) is 23.7 Å². The molecular weight excluding hydrogens is 286 g/mol. The Labute approximate surface area is 129 Å². The van der Waals surface area contributed by atoms with Crippen molar-refractivity contribution in [3.8, 4) is 11.5 Å². The number of methoxy groups -OCH3 is 2. The molecule has 2 rings (SSSR count). The molecule has 0 amide bonds. The van der Waals surface area contributed by atoms with Crippen LogP contribution in [0.15, 0.2) is 29.6 Å². The Balaban J connectivity index is 1.99. The molecule has 1 aromatic carbocycles. The summed E-state index contributed by atoms with van der Waals surface area (Å²) < 4.78 is 10.5. The average Bonchev–Trinajstić information content (AvgIpc) is 2.91. The quantitative estimate of drug-likeness (QED) is 0.826. The third-order valence-electron chi connectivity index (χ3n) is 3.39. The molecule has 0 aliphatic heterocycles. The second-order valence-corrected chi connectivity index (χ2v) is 5.78. The first kappa shape index (κ1) is 15.8. The highest BCUT2D eigenvalue weighted by atomic mass is 32.1. The fourth-order valence-electron chi connectivity index (χ4n) is 2.12. The van der Waals surface area contributed by atoms with Gasteiger partial charge in [0.2, 0.25) is 0 Å². The van der Waals surface area contributed by atoms with E-state index in [1.807, 2.05) is 12.1 Å². The number of thiophene rings is 1. The van der Waals surface area contributed by atoms with Gasteiger partial charge < -0.3 is 19.9 Å². The molecule has 0 aliphatic carbocycles. The standard InChI is InChI=1S/C16H21NO3S/c1-11-6-7-21-16(11)10-17-9-14(18)13-8-12(19-2)4-5-15(13)20-3/h4-8,14,17-18H,9-10H2,1-3H3. The van der Waals surface area contributed by atoms with E-state index in [-0.39, 0.29) is 0 Å². The Hall–Kier alpha value is -1.56. The molecule has 4 nitrogen and oxygen atoms in total. The van der Waals surface area contributed by atoms with Crippen molar-refractivity contribution in [3.63, 3.8) is 0 Å². The Kier molecular flexibility index (Phi) is 5.61. The van der Waals surface area contributed by atoms with E-state index in [1.54, 1.807) is 31.6 Å². The van der Waals surface area contributed by atoms with Crippen molar-refractivity contribution in [1.82, 2.24) is 5.32 Å². The molecule has 2 N–H and O–H groups in total. The molecule has 0 radical (unpaired) electrons. The third kappa shape index (κ3) is 3.97. The molecule has 0 saturated heterocycles. The number of nitrogens with one attached hydrogen (secondary N) is 1. The van der Waals surface area contributed by atoms with E-state index in [4.69, 9.17) is 9.47 Å². The zero-order chi connectivity index (χ0) is 15.2. The van der Waals surface area contributed by atoms with Crippen LogP contribution in [0.4, 0.5) is 0 Å². The van der Waals surface area contributed by atoms with E-state index in [9.17, 15) is 5.11 Å². The second kappa shape index (κ2) is 7.45. The van der Waals surface area contributed by atoms with Crippen LogP contribution in [-0.4, -0.2) is 25.9 Å². The summed E-state index contributed by atoms with van der Waals surface area (Å²) in [5.74, 6) is 1.37. The molecule has 0 spiro atoms. The van der Waals surface area contributed by atoms with Crippen molar-refractivity contribution in [2.45, 2.75) is 19.6 Å². The largest absolute Gasteiger partial charge is 0.497 e. The summed E-state index contributed by atoms with van der Waals surface area (Å²) in [6, 6.07) is 7.53. The van der Waals surface area contributed by atoms with Gasteiger partial charge >= 0.3 is 0 Å². The van der Waals surface area contributed by atoms with E-state index < -0.39 is 6.10 Å². The molecule has 0 saturated carbocycles. The molecule has 21 heavy (non-hydrogen) atoms. The number of rotatable bonds is 7. The lowest BCUT2D eigenvalue weighted by Crippen LogP contribution is -2.21. The maximum absolute atomic E-state index is 10.4. The summed E-state index contributed by atoms with van der Waals surface area (Å²) in [6.07, 6.45) is -0.643. The lowest BCUT2D eigenvalue weighted by Gasteiger charge is -2.16. The number of benzene rings is 1. The Morgan fingerprint density at radius 1 is 1.24 bits per heavy atom. The molecule has 1 atom stereocenters. The molecule has 1 aromatic heterocycles. The van der Waals surface area contributed by atoms with Gasteiger partial charge in [-0.2, -0.15) is 0 Å². The van der Waals surface area contributed by atoms with Crippen molar-refractivity contribution >= 4 is 11.3 Å². The van der Waals surface area contributed by atoms with Gasteiger partial charge in [0, 0.05) is 23.5 Å². The summed E-state index contributed by atoms with van der Waals surface area (Å²) >= 11 is 1.72. The molecule has 5 heteroatoms. The minimum absolute atomic E-state index is 0.459. The van der Waals surface area contributed by atoms with Crippen molar-refractivity contribution in [2.75, 3.05) is 20.8 Å². The molecule has 0 fully saturated rings. The molecule has 114 valence electrons. The molecule has 1 unspecified atom stereocenters. The SMILES string of the molecule is COc1ccc(OC)c(C(O)CNCc2sccc2C)c1. The van der Waals surface area contributed by atoms with Crippen molar-refractivity contribution in [2.24, 2.45) is 0 Å². The second-order valence-electron chi connectivity index (χ2n) is 4.78. The Morgan fingerprint density at radius 2 is 2.05 bits per heavy atom. The number of aryl methyl sites for hydroxylation is 1. The van der Waals surface area contributed by atoms with Crippen LogP contribution in [0.1, 0.15) is 22.1 Å². The topological polar surface area (TPSA) is 50.7 Å². The zero-order valence-electron chi connectivity index (χ0n) is 12.6. The van der Waals surface area contributed by atoms with Crippen LogP contribution >= 0.6 is 11.3 Å². The highest BCUT2D eigenvalue weighted by molar-refractivity contribution is 7.10. The number of ether oxygens (including phenoxy) is 2. The molecule has 0 aliphatic rings. The van der Waals surface area contributed by atoms with Crippen molar-refractivity contribution in [1.29, 1.82) is 0 Å². The van der Waals surface area contributed by atoms with Crippen LogP contribution in [0.25, 0.3) is 0 Å². The first-order chi connectivity index (χ1) is 10.2. The van der Waals surface area contributed by atoms with Crippen molar-refractivity contribution in [3.05, 3.63) is 45.6 Å². The maximum atomic E-state index is 10.4. The van der Waals surface area contributed by atoms with Gasteiger partial charge in [-0.1, -0.05) is 0 Å². The average molecular weight is 307 g/mol. The van der Waals surface area contributed by atoms with Gasteiger partial charge in [0.25, 0.3) is 0 Å². The smallest absolute Gasteiger partial charge is 0.124 e. The van der Waals surface area contributed by atoms with E-state index >= 15 is 0 Å². The highest BCUT2D eigenvalue weighted by Crippen LogP contribution is 2.29. The fourth-order valence-corrected chi connectivity index (χ4v) is 2.99. The molecular formula is C16H21NO3S. The highest BCUT2D eigenvalue weighted by Gasteiger charge is 2.14. The predicted octanol–water partition coefficient (Wildman–Crippen LogP) is 2.90. The summed E-state index contributed by atoms with van der Waals surface area (Å²) in [6.45, 7) is 3.31. The summed E-state index contributed by atoms with van der Waals surface area (Å²) in [5, 5.41) is 15.7. The van der Waals surface area contributed by atoms with Gasteiger partial charge in [-0.05, 0) is 42.1 Å². The molecule has 2 aromatic rings. The monoisotopic (exact) mass is 307 g/mol. The normalized spacial score (nSPS) is 12.2. The lowest BCUT2D eigenvalue weighted by atomic mass is 10.1. The maximum Gasteiger partial charge on any atom is 0.124 e. The van der Waals surface area contributed by atoms with E-state index in [0.717, 1.165) is 12.1 Å². The first-order valence-corrected chi connectivity index (χ1v) is 7.67. The number of aliphatic hydroxyl groups is 1. The Bertz CT molecular complexity index is 583. The van der Waals surface area contributed by atoms with Crippen molar-refractivity contribution < 1.29 is 14.6 Å². The number of hydrogen-bond acceptors (Lipinski definition) is 5. The van der Waals surface area contributed by atoms with Gasteiger partial charge in [0.1, 0.15) is 11.5 Å². The predicted molar refractivity (Wildman–Crippen MR) is 85.3 cm³/mol. The summed E-state index contributed by atoms with van der Waals surface area (Å²) in [5.41, 5.74) is 2.01. The number of aliphatic hydroxyl groups excluding tert-OH is 1. The van der Waals surface area contributed by atoms with E-state index in [1.165, 1.54) is 10.4 Å². The molecule has 1 heterocycles. The van der Waals surface area contributed by atoms with Gasteiger partial charge in [0.05, 0.1) is 20.3 Å². The van der Waals surface area contributed by atoms with Crippen LogP contribution in [0.3, 0.4) is 0 Å². The zero-order valence-corrected chi connectivity index (χ0v) is 13.4. The first-order valence-electron chi connectivity index (χ1n) is 6.79. The van der Waals surface area contributed by atoms with Gasteiger partial charge in [-0.15, -0.1) is 11.3 Å². The molecule has 0 bridgehead atoms. The van der Waals surface area contributed by atoms with Gasteiger partial charge in [-0.3, -0.25) is 0 Å². The minimum Gasteiger partial charge on any atom is -0.497 e. The van der Waals surface area contributed by atoms with Crippen LogP contribution in [0.5, 0.6) is 11.5 Å². The van der Waals surface area contributed by atoms with Crippen LogP contribution in [-0.2, 0) is 6.54 Å². The van der Waals surface area contributed by atoms with Gasteiger partial charge in [0.15, 0.2) is 0 Å². The van der Waals surface area contributed by atoms with E-state index in [0.29, 0.717) is 18.0 Å². The number of hydrogen-bond donors (Lipinski definition) is 2. The Morgan fingerprint density at radius 3 is 2.67 bits per heavy atom. The lowest BCUT2D eigenvalue weighted by molar-refractivity contribution is 0.170. The fraction of sp³-hybridized carbons (Fsp3) is 0.375. The summed E-state index contributed by atoms with van der Waals surface area (Å²) in [4.78, 5) is 1.29. The summed E-state index contributed by atoms with van der Waals surface area (Å²) in [7, 11) is 3.20. The van der Waals surface area contributed by atoms with Crippen LogP contribution < -0.4 is 14.8 Å².